The minimum Gasteiger partial charge on any atom is -0.542 e. The van der Waals surface area contributed by atoms with E-state index >= 15 is 0 Å². The molecule has 3 nitrogen and oxygen atoms in total. The fourth-order valence-corrected chi connectivity index (χ4v) is 3.97. The van der Waals surface area contributed by atoms with Crippen LogP contribution in [0.1, 0.15) is 26.2 Å². The second kappa shape index (κ2) is 10.7. The molecule has 1 aromatic rings. The normalized spacial score (nSPS) is 25.1. The molecule has 2 atom stereocenters. The predicted molar refractivity (Wildman–Crippen MR) is 89.3 cm³/mol. The first-order chi connectivity index (χ1) is 10.7. The van der Waals surface area contributed by atoms with E-state index in [1.165, 1.54) is 0 Å². The zero-order valence-electron chi connectivity index (χ0n) is 13.8. The summed E-state index contributed by atoms with van der Waals surface area (Å²) in [5.74, 6) is 1.86. The first-order valence-electron chi connectivity index (χ1n) is 7.86. The van der Waals surface area contributed by atoms with E-state index in [0.717, 1.165) is 43.1 Å². The molecule has 2 heterocycles. The summed E-state index contributed by atoms with van der Waals surface area (Å²) in [5.41, 5.74) is 0.194. The number of hydrogen-bond donors (Lipinski definition) is 0. The van der Waals surface area contributed by atoms with E-state index in [0.29, 0.717) is 23.5 Å². The molecular weight excluding hydrogens is 453 g/mol. The van der Waals surface area contributed by atoms with Crippen LogP contribution in [0.4, 0.5) is 0 Å². The fourth-order valence-electron chi connectivity index (χ4n) is 2.65. The Labute approximate surface area is 207 Å². The minimum absolute atomic E-state index is 0. The van der Waals surface area contributed by atoms with E-state index in [4.69, 9.17) is 25.8 Å². The monoisotopic (exact) mass is 474 g/mol. The molecule has 2 aliphatic rings. The molecule has 23 heavy (non-hydrogen) atoms. The number of halogens is 1. The zero-order valence-corrected chi connectivity index (χ0v) is 21.6. The van der Waals surface area contributed by atoms with Crippen LogP contribution >= 0.6 is 23.4 Å². The van der Waals surface area contributed by atoms with Crippen molar-refractivity contribution in [3.05, 3.63) is 29.8 Å². The van der Waals surface area contributed by atoms with Gasteiger partial charge in [-0.15, -0.1) is 5.92 Å². The predicted octanol–water partition coefficient (Wildman–Crippen LogP) is 1.79. The molecule has 0 bridgehead atoms. The van der Waals surface area contributed by atoms with Crippen molar-refractivity contribution < 1.29 is 83.1 Å². The Morgan fingerprint density at radius 3 is 2.83 bits per heavy atom. The van der Waals surface area contributed by atoms with Crippen LogP contribution in [-0.4, -0.2) is 25.3 Å². The third-order valence-electron chi connectivity index (χ3n) is 4.01. The van der Waals surface area contributed by atoms with Crippen LogP contribution in [0.15, 0.2) is 23.1 Å². The summed E-state index contributed by atoms with van der Waals surface area (Å²) in [7, 11) is 0. The van der Waals surface area contributed by atoms with Crippen LogP contribution in [0.25, 0.3) is 0 Å². The smallest absolute Gasteiger partial charge is 0.542 e. The summed E-state index contributed by atoms with van der Waals surface area (Å²) in [6.45, 7) is 6.49. The molecule has 0 saturated carbocycles. The number of benzene rings is 1. The second-order valence-electron chi connectivity index (χ2n) is 5.99. The second-order valence-corrected chi connectivity index (χ2v) is 7.63. The Bertz CT molecular complexity index is 497. The molecule has 2 saturated heterocycles. The topological polar surface area (TPSA) is 27.7 Å². The van der Waals surface area contributed by atoms with E-state index in [1.807, 2.05) is 24.8 Å². The Hall–Kier alpha value is 1.63. The Morgan fingerprint density at radius 1 is 1.35 bits per heavy atom. The Morgan fingerprint density at radius 2 is 2.13 bits per heavy atom. The number of hydrogen-bond acceptors (Lipinski definition) is 4. The first-order valence-corrected chi connectivity index (χ1v) is 9.12. The van der Waals surface area contributed by atoms with Crippen LogP contribution in [0.3, 0.4) is 0 Å². The van der Waals surface area contributed by atoms with Gasteiger partial charge in [0.15, 0.2) is 0 Å². The molecule has 0 amide bonds. The standard InChI is InChI=1S/C17H22ClO3S.Cs/c1-12-8-17(21-10-12)22-14-2-3-15(18)16(9-14)20-11-13-4-6-19-7-5-13;/h2-3,9-10,12-13,17H,4-8,11H2,1H3;/q-1;+1/t12-,17?;/m1./s1. The van der Waals surface area contributed by atoms with Gasteiger partial charge in [-0.05, 0) is 43.4 Å². The number of ether oxygens (including phenoxy) is 3. The zero-order chi connectivity index (χ0) is 15.4. The maximum Gasteiger partial charge on any atom is 1.00 e. The largest absolute Gasteiger partial charge is 1.00 e. The third-order valence-corrected chi connectivity index (χ3v) is 5.42. The summed E-state index contributed by atoms with van der Waals surface area (Å²) in [4.78, 5) is 1.14. The van der Waals surface area contributed by atoms with Gasteiger partial charge in [-0.2, -0.15) is 0 Å². The third kappa shape index (κ3) is 6.70. The van der Waals surface area contributed by atoms with E-state index in [2.05, 4.69) is 6.92 Å². The van der Waals surface area contributed by atoms with Crippen molar-refractivity contribution >= 4 is 23.4 Å². The molecule has 0 N–H and O–H groups in total. The van der Waals surface area contributed by atoms with Crippen LogP contribution in [0, 0.1) is 18.4 Å². The SMILES string of the molecule is C[C@H]1[CH-]OC(Sc2ccc(Cl)c(OCC3CCOCC3)c2)C1.[Cs+]. The summed E-state index contributed by atoms with van der Waals surface area (Å²) < 4.78 is 17.0. The van der Waals surface area contributed by atoms with Gasteiger partial charge in [0.25, 0.3) is 0 Å². The van der Waals surface area contributed by atoms with Gasteiger partial charge in [0.1, 0.15) is 5.75 Å². The molecule has 2 fully saturated rings. The molecule has 1 unspecified atom stereocenters. The molecule has 0 aromatic heterocycles. The van der Waals surface area contributed by atoms with Gasteiger partial charge in [0, 0.05) is 18.1 Å². The molecule has 0 radical (unpaired) electrons. The average molecular weight is 475 g/mol. The fraction of sp³-hybridized carbons (Fsp3) is 0.588. The molecule has 122 valence electrons. The molecule has 6 heteroatoms. The van der Waals surface area contributed by atoms with E-state index in [-0.39, 0.29) is 74.3 Å². The van der Waals surface area contributed by atoms with E-state index in [1.54, 1.807) is 11.8 Å². The van der Waals surface area contributed by atoms with Gasteiger partial charge in [0.05, 0.1) is 17.1 Å². The van der Waals surface area contributed by atoms with Gasteiger partial charge in [0.2, 0.25) is 0 Å². The van der Waals surface area contributed by atoms with E-state index < -0.39 is 0 Å². The Kier molecular flexibility index (Phi) is 9.74. The quantitative estimate of drug-likeness (QED) is 0.608. The van der Waals surface area contributed by atoms with Crippen LogP contribution < -0.4 is 73.6 Å². The maximum atomic E-state index is 6.26. The van der Waals surface area contributed by atoms with Crippen LogP contribution in [0.2, 0.25) is 5.02 Å². The summed E-state index contributed by atoms with van der Waals surface area (Å²) in [6.07, 6.45) is 3.18. The van der Waals surface area contributed by atoms with Gasteiger partial charge < -0.3 is 14.2 Å². The molecule has 3 rings (SSSR count). The summed E-state index contributed by atoms with van der Waals surface area (Å²) >= 11 is 7.98. The molecule has 2 aliphatic heterocycles. The van der Waals surface area contributed by atoms with E-state index in [9.17, 15) is 0 Å². The summed E-state index contributed by atoms with van der Waals surface area (Å²) in [5, 5.41) is 0.670. The number of rotatable bonds is 5. The van der Waals surface area contributed by atoms with Gasteiger partial charge in [-0.1, -0.05) is 30.3 Å². The van der Waals surface area contributed by atoms with Crippen molar-refractivity contribution in [2.24, 2.45) is 11.8 Å². The average Bonchev–Trinajstić information content (AvgIpc) is 2.94. The van der Waals surface area contributed by atoms with Crippen molar-refractivity contribution in [2.75, 3.05) is 19.8 Å². The van der Waals surface area contributed by atoms with Crippen molar-refractivity contribution in [1.29, 1.82) is 0 Å². The maximum absolute atomic E-state index is 6.26. The van der Waals surface area contributed by atoms with Gasteiger partial charge in [-0.25, -0.2) is 6.61 Å². The summed E-state index contributed by atoms with van der Waals surface area (Å²) in [6, 6.07) is 5.96. The molecule has 0 aliphatic carbocycles. The molecule has 1 aromatic carbocycles. The molecule has 0 spiro atoms. The minimum atomic E-state index is 0. The van der Waals surface area contributed by atoms with Crippen molar-refractivity contribution in [2.45, 2.75) is 36.5 Å². The van der Waals surface area contributed by atoms with Crippen molar-refractivity contribution in [3.63, 3.8) is 0 Å². The molecular formula is C17H22ClCsO3S. The van der Waals surface area contributed by atoms with Crippen LogP contribution in [-0.2, 0) is 9.47 Å². The van der Waals surface area contributed by atoms with Crippen molar-refractivity contribution in [3.8, 4) is 5.75 Å². The van der Waals surface area contributed by atoms with Gasteiger partial charge in [-0.3, -0.25) is 0 Å². The van der Waals surface area contributed by atoms with Crippen molar-refractivity contribution in [1.82, 2.24) is 0 Å². The Balaban J connectivity index is 0.00000192. The van der Waals surface area contributed by atoms with Crippen LogP contribution in [0.5, 0.6) is 5.75 Å². The first kappa shape index (κ1) is 20.9. The van der Waals surface area contributed by atoms with Gasteiger partial charge >= 0.3 is 68.9 Å². The number of thioether (sulfide) groups is 1.